The Morgan fingerprint density at radius 3 is 2.35 bits per heavy atom. The van der Waals surface area contributed by atoms with Gasteiger partial charge in [-0.1, -0.05) is 56.5 Å². The van der Waals surface area contributed by atoms with Gasteiger partial charge in [0.2, 0.25) is 0 Å². The van der Waals surface area contributed by atoms with Gasteiger partial charge in [0.15, 0.2) is 0 Å². The van der Waals surface area contributed by atoms with Gasteiger partial charge in [-0.15, -0.1) is 6.58 Å². The monoisotopic (exact) mass is 314 g/mol. The Kier molecular flexibility index (Phi) is 8.46. The quantitative estimate of drug-likeness (QED) is 0.363. The van der Waals surface area contributed by atoms with Gasteiger partial charge in [-0.3, -0.25) is 0 Å². The van der Waals surface area contributed by atoms with Crippen molar-refractivity contribution in [2.24, 2.45) is 11.8 Å². The first kappa shape index (κ1) is 18.3. The second-order valence-electron chi connectivity index (χ2n) is 7.17. The maximum Gasteiger partial charge on any atom is 0.0716 e. The largest absolute Gasteiger partial charge is 0.377 e. The fourth-order valence-corrected chi connectivity index (χ4v) is 3.60. The van der Waals surface area contributed by atoms with Gasteiger partial charge >= 0.3 is 0 Å². The SMILES string of the molecule is C=CCC1CCC(CCc2ccc(COCCCC)cc2)CC1. The summed E-state index contributed by atoms with van der Waals surface area (Å²) in [7, 11) is 0. The molecule has 0 aliphatic heterocycles. The third kappa shape index (κ3) is 6.91. The zero-order valence-corrected chi connectivity index (χ0v) is 14.9. The van der Waals surface area contributed by atoms with Crippen molar-refractivity contribution in [1.29, 1.82) is 0 Å². The van der Waals surface area contributed by atoms with Gasteiger partial charge in [0, 0.05) is 6.61 Å². The summed E-state index contributed by atoms with van der Waals surface area (Å²) in [5.74, 6) is 1.85. The standard InChI is InChI=1S/C22H34O/c1-3-5-17-23-18-22-15-13-21(14-16-22)12-11-20-9-7-19(6-4-2)8-10-20/h4,13-16,19-20H,2-3,5-12,17-18H2,1H3. The Labute approximate surface area is 143 Å². The van der Waals surface area contributed by atoms with E-state index >= 15 is 0 Å². The molecule has 1 fully saturated rings. The smallest absolute Gasteiger partial charge is 0.0716 e. The van der Waals surface area contributed by atoms with Gasteiger partial charge in [-0.05, 0) is 61.5 Å². The number of ether oxygens (including phenoxy) is 1. The molecule has 1 saturated carbocycles. The van der Waals surface area contributed by atoms with Gasteiger partial charge in [-0.2, -0.15) is 0 Å². The minimum Gasteiger partial charge on any atom is -0.377 e. The molecule has 1 aromatic rings. The number of hydrogen-bond acceptors (Lipinski definition) is 1. The first-order valence-electron chi connectivity index (χ1n) is 9.58. The Morgan fingerprint density at radius 2 is 1.70 bits per heavy atom. The molecule has 1 aliphatic carbocycles. The van der Waals surface area contributed by atoms with E-state index in [9.17, 15) is 0 Å². The van der Waals surface area contributed by atoms with Gasteiger partial charge in [0.25, 0.3) is 0 Å². The van der Waals surface area contributed by atoms with Crippen molar-refractivity contribution in [2.45, 2.75) is 71.3 Å². The van der Waals surface area contributed by atoms with Crippen LogP contribution < -0.4 is 0 Å². The average Bonchev–Trinajstić information content (AvgIpc) is 2.59. The molecule has 23 heavy (non-hydrogen) atoms. The average molecular weight is 315 g/mol. The van der Waals surface area contributed by atoms with Crippen molar-refractivity contribution in [2.75, 3.05) is 6.61 Å². The van der Waals surface area contributed by atoms with E-state index in [0.29, 0.717) is 0 Å². The molecule has 2 rings (SSSR count). The van der Waals surface area contributed by atoms with E-state index in [0.717, 1.165) is 31.5 Å². The summed E-state index contributed by atoms with van der Waals surface area (Å²) < 4.78 is 5.68. The van der Waals surface area contributed by atoms with E-state index in [1.54, 1.807) is 0 Å². The fraction of sp³-hybridized carbons (Fsp3) is 0.636. The molecule has 0 N–H and O–H groups in total. The fourth-order valence-electron chi connectivity index (χ4n) is 3.60. The van der Waals surface area contributed by atoms with Crippen molar-refractivity contribution in [3.63, 3.8) is 0 Å². The number of hydrogen-bond donors (Lipinski definition) is 0. The lowest BCUT2D eigenvalue weighted by Crippen LogP contribution is -2.14. The lowest BCUT2D eigenvalue weighted by Gasteiger charge is -2.27. The van der Waals surface area contributed by atoms with Crippen LogP contribution in [0.15, 0.2) is 36.9 Å². The summed E-state index contributed by atoms with van der Waals surface area (Å²) in [4.78, 5) is 0. The predicted octanol–water partition coefficient (Wildman–Crippen LogP) is 6.32. The Balaban J connectivity index is 1.65. The van der Waals surface area contributed by atoms with E-state index in [1.165, 1.54) is 62.5 Å². The van der Waals surface area contributed by atoms with E-state index in [1.807, 2.05) is 0 Å². The Bertz CT molecular complexity index is 426. The van der Waals surface area contributed by atoms with E-state index in [2.05, 4.69) is 43.8 Å². The normalized spacial score (nSPS) is 21.3. The highest BCUT2D eigenvalue weighted by Crippen LogP contribution is 2.33. The molecule has 0 aromatic heterocycles. The van der Waals surface area contributed by atoms with Gasteiger partial charge in [0.05, 0.1) is 6.61 Å². The van der Waals surface area contributed by atoms with Crippen LogP contribution in [0.4, 0.5) is 0 Å². The first-order chi connectivity index (χ1) is 11.3. The zero-order chi connectivity index (χ0) is 16.3. The number of allylic oxidation sites excluding steroid dienone is 1. The molecule has 1 aromatic carbocycles. The highest BCUT2D eigenvalue weighted by atomic mass is 16.5. The molecular formula is C22H34O. The van der Waals surface area contributed by atoms with Gasteiger partial charge < -0.3 is 4.74 Å². The maximum atomic E-state index is 5.68. The molecule has 0 saturated heterocycles. The van der Waals surface area contributed by atoms with Crippen LogP contribution in [0.5, 0.6) is 0 Å². The van der Waals surface area contributed by atoms with Crippen molar-refractivity contribution in [1.82, 2.24) is 0 Å². The topological polar surface area (TPSA) is 9.23 Å². The molecule has 0 atom stereocenters. The molecule has 128 valence electrons. The Morgan fingerprint density at radius 1 is 1.04 bits per heavy atom. The molecule has 1 heteroatoms. The van der Waals surface area contributed by atoms with Crippen LogP contribution in [-0.4, -0.2) is 6.61 Å². The van der Waals surface area contributed by atoms with E-state index < -0.39 is 0 Å². The summed E-state index contributed by atoms with van der Waals surface area (Å²) in [6.45, 7) is 7.71. The highest BCUT2D eigenvalue weighted by Gasteiger charge is 2.19. The summed E-state index contributed by atoms with van der Waals surface area (Å²) in [5, 5.41) is 0. The summed E-state index contributed by atoms with van der Waals surface area (Å²) in [5.41, 5.74) is 2.78. The van der Waals surface area contributed by atoms with Crippen LogP contribution in [0, 0.1) is 11.8 Å². The lowest BCUT2D eigenvalue weighted by molar-refractivity contribution is 0.118. The van der Waals surface area contributed by atoms with Crippen molar-refractivity contribution in [3.05, 3.63) is 48.0 Å². The number of unbranched alkanes of at least 4 members (excludes halogenated alkanes) is 1. The van der Waals surface area contributed by atoms with Crippen LogP contribution in [0.1, 0.15) is 69.4 Å². The molecular weight excluding hydrogens is 280 g/mol. The molecule has 1 aliphatic rings. The summed E-state index contributed by atoms with van der Waals surface area (Å²) in [6, 6.07) is 9.06. The molecule has 0 radical (unpaired) electrons. The third-order valence-electron chi connectivity index (χ3n) is 5.24. The summed E-state index contributed by atoms with van der Waals surface area (Å²) >= 11 is 0. The van der Waals surface area contributed by atoms with Crippen LogP contribution in [0.3, 0.4) is 0 Å². The number of benzene rings is 1. The molecule has 0 unspecified atom stereocenters. The predicted molar refractivity (Wildman–Crippen MR) is 99.6 cm³/mol. The highest BCUT2D eigenvalue weighted by molar-refractivity contribution is 5.22. The van der Waals surface area contributed by atoms with Crippen LogP contribution in [-0.2, 0) is 17.8 Å². The van der Waals surface area contributed by atoms with Gasteiger partial charge in [0.1, 0.15) is 0 Å². The van der Waals surface area contributed by atoms with Gasteiger partial charge in [-0.25, -0.2) is 0 Å². The molecule has 1 nitrogen and oxygen atoms in total. The van der Waals surface area contributed by atoms with E-state index in [4.69, 9.17) is 4.74 Å². The number of rotatable bonds is 10. The minimum atomic E-state index is 0.758. The molecule has 0 spiro atoms. The number of aryl methyl sites for hydroxylation is 1. The molecule has 0 amide bonds. The van der Waals surface area contributed by atoms with Crippen molar-refractivity contribution < 1.29 is 4.74 Å². The second kappa shape index (κ2) is 10.6. The zero-order valence-electron chi connectivity index (χ0n) is 14.9. The minimum absolute atomic E-state index is 0.758. The molecule has 0 heterocycles. The lowest BCUT2D eigenvalue weighted by atomic mass is 9.78. The van der Waals surface area contributed by atoms with Crippen molar-refractivity contribution >= 4 is 0 Å². The van der Waals surface area contributed by atoms with Crippen LogP contribution >= 0.6 is 0 Å². The third-order valence-corrected chi connectivity index (χ3v) is 5.24. The Hall–Kier alpha value is -1.08. The maximum absolute atomic E-state index is 5.68. The first-order valence-corrected chi connectivity index (χ1v) is 9.58. The summed E-state index contributed by atoms with van der Waals surface area (Å²) in [6.07, 6.45) is 13.9. The van der Waals surface area contributed by atoms with Crippen molar-refractivity contribution in [3.8, 4) is 0 Å². The van der Waals surface area contributed by atoms with E-state index in [-0.39, 0.29) is 0 Å². The molecule has 0 bridgehead atoms. The second-order valence-corrected chi connectivity index (χ2v) is 7.17. The van der Waals surface area contributed by atoms with Crippen LogP contribution in [0.2, 0.25) is 0 Å². The van der Waals surface area contributed by atoms with Crippen LogP contribution in [0.25, 0.3) is 0 Å².